The maximum atomic E-state index is 14.5. The second kappa shape index (κ2) is 44.1. The lowest BCUT2D eigenvalue weighted by Crippen LogP contribution is -2.59. The van der Waals surface area contributed by atoms with E-state index in [4.69, 9.17) is 57.3 Å². The monoisotopic (exact) mass is 1230 g/mol. The molecule has 87 heavy (non-hydrogen) atoms. The molecule has 0 bridgehead atoms. The van der Waals surface area contributed by atoms with Crippen molar-refractivity contribution in [3.63, 3.8) is 0 Å². The van der Waals surface area contributed by atoms with E-state index >= 15 is 0 Å². The summed E-state index contributed by atoms with van der Waals surface area (Å²) in [4.78, 5) is 150. The van der Waals surface area contributed by atoms with Gasteiger partial charge in [0.2, 0.25) is 53.2 Å². The standard InChI is InChI=1S/C54H101N23O10/c55-20-4-1-12-35(62)45(79)71-40(19-26-61)50(84)75-39(18-25-60)47(81)68-32-44(78)70-41(15-9-24-59)53(87)77-29-11-17-43(77)52(86)76-42(30-34-31-65-33-69-34)51(85)74-37(14-3-6-22-57)48(82)73-38(16-10-28-67-54(63)64)49(83)72-36(13-2-5-21-56)46(80)66-27-8-7-23-58/h16,31,33,35-37,39-43H,1-15,17-30,32,55-62H2,(H,65,69)(H,66,80)(H,68,81)(H,70,78)(H,71,79)(H,72,83)(H,73,82)(H,74,85)(H,75,84)(H,76,86)(H4,63,64,67)/b38-16-/t35-,36-,37-,39-,40-,41+,42-,43-/m0/s1. The first-order valence-corrected chi connectivity index (χ1v) is 30.2. The van der Waals surface area contributed by atoms with E-state index in [0.717, 1.165) is 0 Å². The van der Waals surface area contributed by atoms with E-state index in [9.17, 15) is 47.9 Å². The number of carbonyl (C=O) groups excluding carboxylic acids is 10. The van der Waals surface area contributed by atoms with Crippen LogP contribution in [0.15, 0.2) is 29.3 Å². The molecular weight excluding hydrogens is 1130 g/mol. The van der Waals surface area contributed by atoms with Gasteiger partial charge in [0.1, 0.15) is 48.0 Å². The van der Waals surface area contributed by atoms with Gasteiger partial charge in [0.25, 0.3) is 5.91 Å². The van der Waals surface area contributed by atoms with Gasteiger partial charge in [0, 0.05) is 37.9 Å². The number of hydrogen-bond acceptors (Lipinski definition) is 20. The third-order valence-corrected chi connectivity index (χ3v) is 14.0. The molecule has 1 aliphatic heterocycles. The fourth-order valence-electron chi connectivity index (χ4n) is 9.23. The summed E-state index contributed by atoms with van der Waals surface area (Å²) in [6.07, 6.45) is 9.98. The average molecular weight is 1230 g/mol. The smallest absolute Gasteiger partial charge is 0.268 e. The van der Waals surface area contributed by atoms with Gasteiger partial charge < -0.3 is 115 Å². The number of hydrogen-bond donors (Lipinski definition) is 20. The minimum atomic E-state index is -1.37. The van der Waals surface area contributed by atoms with Crippen LogP contribution in [0.5, 0.6) is 0 Å². The van der Waals surface area contributed by atoms with E-state index < -0.39 is 114 Å². The van der Waals surface area contributed by atoms with Crippen LogP contribution in [-0.4, -0.2) is 200 Å². The number of aliphatic imine (C=N–C) groups is 1. The summed E-state index contributed by atoms with van der Waals surface area (Å²) in [5, 5.41) is 23.9. The molecule has 1 aromatic rings. The van der Waals surface area contributed by atoms with E-state index in [1.165, 1.54) is 23.5 Å². The van der Waals surface area contributed by atoms with Crippen LogP contribution in [0.1, 0.15) is 121 Å². The Bertz CT molecular complexity index is 2340. The molecular formula is C54H101N23O10. The molecule has 0 unspecified atom stereocenters. The number of nitrogens with zero attached hydrogens (tertiary/aromatic N) is 3. The lowest BCUT2D eigenvalue weighted by molar-refractivity contribution is -0.142. The van der Waals surface area contributed by atoms with Gasteiger partial charge in [-0.3, -0.25) is 52.9 Å². The van der Waals surface area contributed by atoms with Crippen LogP contribution in [0.25, 0.3) is 0 Å². The summed E-state index contributed by atoms with van der Waals surface area (Å²) in [6, 6.07) is -9.33. The fraction of sp³-hybridized carbons (Fsp3) is 0.704. The minimum Gasteiger partial charge on any atom is -0.370 e. The Balaban J connectivity index is 2.35. The molecule has 0 radical (unpaired) electrons. The van der Waals surface area contributed by atoms with Gasteiger partial charge >= 0.3 is 0 Å². The number of likely N-dealkylation sites (tertiary alicyclic amines) is 1. The highest BCUT2D eigenvalue weighted by atomic mass is 16.2. The van der Waals surface area contributed by atoms with Crippen molar-refractivity contribution in [2.24, 2.45) is 62.3 Å². The molecule has 30 N–H and O–H groups in total. The van der Waals surface area contributed by atoms with Gasteiger partial charge in [-0.15, -0.1) is 0 Å². The Morgan fingerprint density at radius 1 is 0.586 bits per heavy atom. The zero-order valence-corrected chi connectivity index (χ0v) is 50.3. The summed E-state index contributed by atoms with van der Waals surface area (Å²) in [5.41, 5.74) is 57.3. The molecule has 1 saturated heterocycles. The zero-order valence-electron chi connectivity index (χ0n) is 50.3. The molecule has 2 heterocycles. The minimum absolute atomic E-state index is 0.0139. The quantitative estimate of drug-likeness (QED) is 0.0125. The van der Waals surface area contributed by atoms with Crippen LogP contribution in [0, 0.1) is 0 Å². The van der Waals surface area contributed by atoms with Crippen LogP contribution in [0.3, 0.4) is 0 Å². The van der Waals surface area contributed by atoms with Crippen molar-refractivity contribution in [1.29, 1.82) is 0 Å². The molecule has 0 aliphatic carbocycles. The number of nitrogens with two attached hydrogens (primary N) is 10. The van der Waals surface area contributed by atoms with E-state index in [1.54, 1.807) is 0 Å². The Hall–Kier alpha value is -7.40. The highest BCUT2D eigenvalue weighted by Gasteiger charge is 2.40. The second-order valence-corrected chi connectivity index (χ2v) is 21.1. The van der Waals surface area contributed by atoms with Crippen molar-refractivity contribution in [3.8, 4) is 0 Å². The van der Waals surface area contributed by atoms with Gasteiger partial charge in [-0.2, -0.15) is 0 Å². The molecule has 10 amide bonds. The second-order valence-electron chi connectivity index (χ2n) is 21.1. The molecule has 1 fully saturated rings. The lowest BCUT2D eigenvalue weighted by Gasteiger charge is -2.30. The van der Waals surface area contributed by atoms with Crippen molar-refractivity contribution >= 4 is 65.0 Å². The van der Waals surface area contributed by atoms with Crippen LogP contribution in [-0.2, 0) is 54.4 Å². The van der Waals surface area contributed by atoms with Gasteiger partial charge in [0.15, 0.2) is 5.96 Å². The van der Waals surface area contributed by atoms with Crippen LogP contribution < -0.4 is 105 Å². The predicted octanol–water partition coefficient (Wildman–Crippen LogP) is -7.36. The van der Waals surface area contributed by atoms with Crippen LogP contribution in [0.4, 0.5) is 0 Å². The molecule has 0 spiro atoms. The number of carbonyl (C=O) groups is 10. The van der Waals surface area contributed by atoms with E-state index in [2.05, 4.69) is 62.8 Å². The van der Waals surface area contributed by atoms with Gasteiger partial charge in [-0.1, -0.05) is 12.5 Å². The lowest BCUT2D eigenvalue weighted by atomic mass is 10.0. The third-order valence-electron chi connectivity index (χ3n) is 14.0. The maximum absolute atomic E-state index is 14.5. The first kappa shape index (κ1) is 75.7. The van der Waals surface area contributed by atoms with Crippen molar-refractivity contribution in [2.75, 3.05) is 72.0 Å². The van der Waals surface area contributed by atoms with Gasteiger partial charge in [-0.25, -0.2) is 4.98 Å². The summed E-state index contributed by atoms with van der Waals surface area (Å²) >= 11 is 0. The average Bonchev–Trinajstić information content (AvgIpc) is 4.46. The highest BCUT2D eigenvalue weighted by molar-refractivity contribution is 6.02. The fourth-order valence-corrected chi connectivity index (χ4v) is 9.23. The van der Waals surface area contributed by atoms with E-state index in [1.807, 2.05) is 0 Å². The number of guanidine groups is 1. The largest absolute Gasteiger partial charge is 0.370 e. The van der Waals surface area contributed by atoms with Crippen molar-refractivity contribution < 1.29 is 47.9 Å². The van der Waals surface area contributed by atoms with E-state index in [-0.39, 0.29) is 109 Å². The Kier molecular flexibility index (Phi) is 38.4. The number of nitrogens with one attached hydrogen (secondary N) is 10. The molecule has 492 valence electrons. The molecule has 1 aliphatic rings. The van der Waals surface area contributed by atoms with Crippen molar-refractivity contribution in [1.82, 2.24) is 62.7 Å². The summed E-state index contributed by atoms with van der Waals surface area (Å²) in [5.74, 6) is -7.33. The summed E-state index contributed by atoms with van der Waals surface area (Å²) < 4.78 is 0. The number of aromatic nitrogens is 2. The maximum Gasteiger partial charge on any atom is 0.268 e. The molecule has 33 nitrogen and oxygen atoms in total. The normalized spacial score (nSPS) is 15.5. The molecule has 33 heteroatoms. The molecule has 1 aromatic heterocycles. The van der Waals surface area contributed by atoms with Crippen LogP contribution >= 0.6 is 0 Å². The van der Waals surface area contributed by atoms with Crippen molar-refractivity contribution in [2.45, 2.75) is 170 Å². The number of imidazole rings is 1. The van der Waals surface area contributed by atoms with Crippen LogP contribution in [0.2, 0.25) is 0 Å². The summed E-state index contributed by atoms with van der Waals surface area (Å²) in [6.45, 7) is 1.39. The topological polar surface area (TPSA) is 583 Å². The molecule has 0 aromatic carbocycles. The summed E-state index contributed by atoms with van der Waals surface area (Å²) in [7, 11) is 0. The zero-order chi connectivity index (χ0) is 64.5. The Morgan fingerprint density at radius 3 is 1.71 bits per heavy atom. The highest BCUT2D eigenvalue weighted by Crippen LogP contribution is 2.21. The molecule has 2 rings (SSSR count). The predicted molar refractivity (Wildman–Crippen MR) is 327 cm³/mol. The van der Waals surface area contributed by atoms with Gasteiger partial charge in [0.05, 0.1) is 18.9 Å². The Morgan fingerprint density at radius 2 is 1.13 bits per heavy atom. The number of rotatable bonds is 46. The number of amides is 10. The molecule has 0 saturated carbocycles. The first-order valence-electron chi connectivity index (χ1n) is 30.2. The van der Waals surface area contributed by atoms with Gasteiger partial charge in [-0.05, 0) is 155 Å². The first-order chi connectivity index (χ1) is 41.8. The third kappa shape index (κ3) is 29.7. The number of aromatic amines is 1. The SMILES string of the molecule is NCCCCNC(=O)[C@H](CCCCN)NC(=O)/C(=C/CCN=C(N)N)NC(=O)[C@H](CCCCN)NC(=O)[C@H](Cc1cnc[nH]1)NC(=O)[C@@H]1CCCN1C(=O)[C@@H](CCCN)NC(=O)CNC(=O)[C@H](CCN)NC(=O)[C@H](CCN)NC(=O)[C@@H](N)CCCCN. The van der Waals surface area contributed by atoms with Crippen molar-refractivity contribution in [3.05, 3.63) is 30.0 Å². The van der Waals surface area contributed by atoms with E-state index in [0.29, 0.717) is 96.1 Å². The Labute approximate surface area is 508 Å². The molecule has 8 atom stereocenters. The number of H-pyrrole nitrogens is 1. The number of unbranched alkanes of at least 4 members (excludes halogenated alkanes) is 4.